The molecule has 2 aromatic rings. The SMILES string of the molecule is Cc1cc(Br)ccc1-c1noc(COCC(=O)O)n1. The zero-order chi connectivity index (χ0) is 13.8. The van der Waals surface area contributed by atoms with Crippen LogP contribution in [0.3, 0.4) is 0 Å². The Labute approximate surface area is 117 Å². The first-order valence-corrected chi connectivity index (χ1v) is 6.24. The van der Waals surface area contributed by atoms with Crippen LogP contribution in [0, 0.1) is 6.92 Å². The molecule has 0 atom stereocenters. The Hall–Kier alpha value is -1.73. The van der Waals surface area contributed by atoms with Crippen LogP contribution in [-0.4, -0.2) is 27.8 Å². The number of ether oxygens (including phenoxy) is 1. The number of aliphatic carboxylic acids is 1. The molecule has 100 valence electrons. The molecule has 7 heteroatoms. The van der Waals surface area contributed by atoms with Gasteiger partial charge in [-0.15, -0.1) is 0 Å². The van der Waals surface area contributed by atoms with E-state index in [2.05, 4.69) is 26.1 Å². The molecule has 1 aromatic heterocycles. The van der Waals surface area contributed by atoms with Gasteiger partial charge in [0, 0.05) is 10.0 Å². The molecule has 0 radical (unpaired) electrons. The van der Waals surface area contributed by atoms with Crippen LogP contribution < -0.4 is 0 Å². The van der Waals surface area contributed by atoms with Crippen molar-refractivity contribution in [3.63, 3.8) is 0 Å². The summed E-state index contributed by atoms with van der Waals surface area (Å²) in [6.45, 7) is 1.53. The largest absolute Gasteiger partial charge is 0.480 e. The third-order valence-electron chi connectivity index (χ3n) is 2.35. The van der Waals surface area contributed by atoms with Crippen LogP contribution in [-0.2, 0) is 16.1 Å². The molecule has 0 aliphatic heterocycles. The molecule has 0 amide bonds. The highest BCUT2D eigenvalue weighted by Gasteiger charge is 2.11. The summed E-state index contributed by atoms with van der Waals surface area (Å²) in [5.41, 5.74) is 1.87. The highest BCUT2D eigenvalue weighted by atomic mass is 79.9. The summed E-state index contributed by atoms with van der Waals surface area (Å²) in [6.07, 6.45) is 0. The van der Waals surface area contributed by atoms with Crippen molar-refractivity contribution >= 4 is 21.9 Å². The van der Waals surface area contributed by atoms with Gasteiger partial charge in [-0.1, -0.05) is 21.1 Å². The molecule has 0 unspecified atom stereocenters. The van der Waals surface area contributed by atoms with Crippen molar-refractivity contribution in [3.8, 4) is 11.4 Å². The topological polar surface area (TPSA) is 85.5 Å². The lowest BCUT2D eigenvalue weighted by molar-refractivity contribution is -0.142. The summed E-state index contributed by atoms with van der Waals surface area (Å²) in [5.74, 6) is -0.332. The Bertz CT molecular complexity index is 597. The molecule has 0 spiro atoms. The van der Waals surface area contributed by atoms with Gasteiger partial charge in [0.1, 0.15) is 13.2 Å². The number of rotatable bonds is 5. The van der Waals surface area contributed by atoms with Crippen LogP contribution in [0.2, 0.25) is 0 Å². The van der Waals surface area contributed by atoms with Crippen LogP contribution >= 0.6 is 15.9 Å². The second kappa shape index (κ2) is 5.94. The maximum atomic E-state index is 10.3. The van der Waals surface area contributed by atoms with Crippen molar-refractivity contribution in [2.45, 2.75) is 13.5 Å². The van der Waals surface area contributed by atoms with E-state index in [0.717, 1.165) is 15.6 Å². The number of benzene rings is 1. The maximum absolute atomic E-state index is 10.3. The maximum Gasteiger partial charge on any atom is 0.329 e. The molecule has 2 rings (SSSR count). The van der Waals surface area contributed by atoms with Gasteiger partial charge in [0.15, 0.2) is 0 Å². The minimum atomic E-state index is -1.04. The number of carbonyl (C=O) groups is 1. The van der Waals surface area contributed by atoms with Crippen molar-refractivity contribution in [3.05, 3.63) is 34.1 Å². The van der Waals surface area contributed by atoms with Gasteiger partial charge in [-0.2, -0.15) is 4.98 Å². The predicted molar refractivity (Wildman–Crippen MR) is 69.5 cm³/mol. The van der Waals surface area contributed by atoms with E-state index in [1.54, 1.807) is 0 Å². The van der Waals surface area contributed by atoms with Crippen molar-refractivity contribution in [2.75, 3.05) is 6.61 Å². The summed E-state index contributed by atoms with van der Waals surface area (Å²) < 4.78 is 10.8. The molecule has 0 fully saturated rings. The first kappa shape index (κ1) is 13.7. The first-order chi connectivity index (χ1) is 9.06. The number of halogens is 1. The summed E-state index contributed by atoms with van der Waals surface area (Å²) in [7, 11) is 0. The summed E-state index contributed by atoms with van der Waals surface area (Å²) in [6, 6.07) is 5.72. The van der Waals surface area contributed by atoms with E-state index in [-0.39, 0.29) is 12.5 Å². The average molecular weight is 327 g/mol. The van der Waals surface area contributed by atoms with Gasteiger partial charge in [-0.05, 0) is 30.7 Å². The van der Waals surface area contributed by atoms with Crippen LogP contribution in [0.4, 0.5) is 0 Å². The van der Waals surface area contributed by atoms with Gasteiger partial charge in [-0.3, -0.25) is 0 Å². The van der Waals surface area contributed by atoms with E-state index >= 15 is 0 Å². The highest BCUT2D eigenvalue weighted by Crippen LogP contribution is 2.23. The molecule has 0 saturated carbocycles. The number of hydrogen-bond donors (Lipinski definition) is 1. The second-order valence-electron chi connectivity index (χ2n) is 3.86. The molecule has 0 aliphatic rings. The van der Waals surface area contributed by atoms with Crippen molar-refractivity contribution in [2.24, 2.45) is 0 Å². The summed E-state index contributed by atoms with van der Waals surface area (Å²) in [4.78, 5) is 14.5. The van der Waals surface area contributed by atoms with Gasteiger partial charge >= 0.3 is 5.97 Å². The lowest BCUT2D eigenvalue weighted by Gasteiger charge is -2.00. The Balaban J connectivity index is 2.10. The number of carboxylic acids is 1. The van der Waals surface area contributed by atoms with Crippen molar-refractivity contribution in [1.82, 2.24) is 10.1 Å². The van der Waals surface area contributed by atoms with Crippen LogP contribution in [0.5, 0.6) is 0 Å². The standard InChI is InChI=1S/C12H11BrN2O4/c1-7-4-8(13)2-3-9(7)12-14-10(19-15-12)5-18-6-11(16)17/h2-4H,5-6H2,1H3,(H,16,17). The van der Waals surface area contributed by atoms with E-state index in [4.69, 9.17) is 14.4 Å². The molecular formula is C12H11BrN2O4. The number of hydrogen-bond acceptors (Lipinski definition) is 5. The van der Waals surface area contributed by atoms with E-state index in [0.29, 0.717) is 5.82 Å². The zero-order valence-electron chi connectivity index (χ0n) is 10.1. The van der Waals surface area contributed by atoms with Crippen LogP contribution in [0.25, 0.3) is 11.4 Å². The zero-order valence-corrected chi connectivity index (χ0v) is 11.7. The van der Waals surface area contributed by atoms with E-state index in [9.17, 15) is 4.79 Å². The fourth-order valence-electron chi connectivity index (χ4n) is 1.53. The predicted octanol–water partition coefficient (Wildman–Crippen LogP) is 2.41. The normalized spacial score (nSPS) is 10.6. The van der Waals surface area contributed by atoms with Gasteiger partial charge in [0.2, 0.25) is 5.82 Å². The first-order valence-electron chi connectivity index (χ1n) is 5.45. The Kier molecular flexibility index (Phi) is 4.28. The molecular weight excluding hydrogens is 316 g/mol. The molecule has 1 heterocycles. The van der Waals surface area contributed by atoms with Crippen LogP contribution in [0.1, 0.15) is 11.5 Å². The number of aryl methyl sites for hydroxylation is 1. The summed E-state index contributed by atoms with van der Waals surface area (Å²) in [5, 5.41) is 12.3. The highest BCUT2D eigenvalue weighted by molar-refractivity contribution is 9.10. The third kappa shape index (κ3) is 3.62. The fourth-order valence-corrected chi connectivity index (χ4v) is 2.00. The molecule has 1 N–H and O–H groups in total. The minimum absolute atomic E-state index is 0.0190. The van der Waals surface area contributed by atoms with Gasteiger partial charge in [-0.25, -0.2) is 4.79 Å². The van der Waals surface area contributed by atoms with Crippen molar-refractivity contribution < 1.29 is 19.2 Å². The van der Waals surface area contributed by atoms with Gasteiger partial charge in [0.25, 0.3) is 5.89 Å². The van der Waals surface area contributed by atoms with Gasteiger partial charge in [0.05, 0.1) is 0 Å². The van der Waals surface area contributed by atoms with E-state index < -0.39 is 12.6 Å². The number of carboxylic acid groups (broad SMARTS) is 1. The number of nitrogens with zero attached hydrogens (tertiary/aromatic N) is 2. The van der Waals surface area contributed by atoms with Crippen molar-refractivity contribution in [1.29, 1.82) is 0 Å². The average Bonchev–Trinajstić information content (AvgIpc) is 2.77. The van der Waals surface area contributed by atoms with E-state index in [1.807, 2.05) is 25.1 Å². The monoisotopic (exact) mass is 326 g/mol. The Morgan fingerprint density at radius 1 is 1.53 bits per heavy atom. The Morgan fingerprint density at radius 3 is 3.00 bits per heavy atom. The Morgan fingerprint density at radius 2 is 2.32 bits per heavy atom. The molecule has 1 aromatic carbocycles. The second-order valence-corrected chi connectivity index (χ2v) is 4.77. The fraction of sp³-hybridized carbons (Fsp3) is 0.250. The third-order valence-corrected chi connectivity index (χ3v) is 2.84. The minimum Gasteiger partial charge on any atom is -0.480 e. The molecule has 0 bridgehead atoms. The molecule has 6 nitrogen and oxygen atoms in total. The van der Waals surface area contributed by atoms with Gasteiger partial charge < -0.3 is 14.4 Å². The smallest absolute Gasteiger partial charge is 0.329 e. The van der Waals surface area contributed by atoms with E-state index in [1.165, 1.54) is 0 Å². The van der Waals surface area contributed by atoms with Crippen LogP contribution in [0.15, 0.2) is 27.2 Å². The molecule has 0 aliphatic carbocycles. The summed E-state index contributed by atoms with van der Waals surface area (Å²) >= 11 is 3.38. The molecule has 0 saturated heterocycles. The number of aromatic nitrogens is 2. The lowest BCUT2D eigenvalue weighted by atomic mass is 10.1. The quantitative estimate of drug-likeness (QED) is 0.908. The molecule has 19 heavy (non-hydrogen) atoms. The lowest BCUT2D eigenvalue weighted by Crippen LogP contribution is -2.06.